The summed E-state index contributed by atoms with van der Waals surface area (Å²) in [5, 5.41) is 12.5. The molecule has 26 heavy (non-hydrogen) atoms. The first-order valence-electron chi connectivity index (χ1n) is 9.49. The van der Waals surface area contributed by atoms with Crippen molar-refractivity contribution in [3.63, 3.8) is 0 Å². The van der Waals surface area contributed by atoms with Crippen molar-refractivity contribution in [2.75, 3.05) is 13.1 Å². The molecule has 3 aliphatic rings. The van der Waals surface area contributed by atoms with Gasteiger partial charge in [-0.25, -0.2) is 9.59 Å². The molecule has 0 aromatic carbocycles. The third kappa shape index (κ3) is 2.89. The number of carboxylic acid groups (broad SMARTS) is 1. The zero-order valence-corrected chi connectivity index (χ0v) is 14.8. The first kappa shape index (κ1) is 17.1. The van der Waals surface area contributed by atoms with Gasteiger partial charge in [-0.2, -0.15) is 0 Å². The number of carbonyl (C=O) groups is 2. The predicted molar refractivity (Wildman–Crippen MR) is 95.1 cm³/mol. The summed E-state index contributed by atoms with van der Waals surface area (Å²) in [4.78, 5) is 38.5. The third-order valence-electron chi connectivity index (χ3n) is 6.23. The van der Waals surface area contributed by atoms with Gasteiger partial charge < -0.3 is 19.9 Å². The minimum absolute atomic E-state index is 0.0159. The average molecular weight is 359 g/mol. The summed E-state index contributed by atoms with van der Waals surface area (Å²) in [6.07, 6.45) is 4.63. The number of nitrogens with one attached hydrogen (secondary N) is 1. The van der Waals surface area contributed by atoms with Crippen molar-refractivity contribution in [3.8, 4) is 0 Å². The predicted octanol–water partition coefficient (Wildman–Crippen LogP) is 1.76. The highest BCUT2D eigenvalue weighted by atomic mass is 16.4. The van der Waals surface area contributed by atoms with E-state index in [1.54, 1.807) is 17.0 Å². The number of pyridine rings is 1. The van der Waals surface area contributed by atoms with Crippen LogP contribution in [0.25, 0.3) is 0 Å². The molecule has 2 N–H and O–H groups in total. The van der Waals surface area contributed by atoms with Gasteiger partial charge in [-0.05, 0) is 31.2 Å². The number of nitrogens with zero attached hydrogens (tertiary/aromatic N) is 2. The van der Waals surface area contributed by atoms with Gasteiger partial charge in [0.05, 0.1) is 0 Å². The minimum Gasteiger partial charge on any atom is -0.480 e. The van der Waals surface area contributed by atoms with Crippen LogP contribution in [-0.4, -0.2) is 45.2 Å². The highest BCUT2D eigenvalue weighted by Gasteiger charge is 2.43. The molecule has 4 rings (SSSR count). The maximum Gasteiger partial charge on any atom is 0.329 e. The van der Waals surface area contributed by atoms with E-state index in [4.69, 9.17) is 0 Å². The SMILES string of the molecule is O=C(NC1(C(=O)O)CCCCC1)N1C[C@@H]2C[C@H](C1)c1cccc(=O)n1C2. The third-order valence-corrected chi connectivity index (χ3v) is 6.23. The van der Waals surface area contributed by atoms with Crippen LogP contribution in [0.1, 0.15) is 50.1 Å². The second kappa shape index (κ2) is 6.45. The van der Waals surface area contributed by atoms with Crippen molar-refractivity contribution in [1.82, 2.24) is 14.8 Å². The molecule has 2 atom stereocenters. The summed E-state index contributed by atoms with van der Waals surface area (Å²) >= 11 is 0. The lowest BCUT2D eigenvalue weighted by Crippen LogP contribution is -2.61. The number of rotatable bonds is 2. The number of likely N-dealkylation sites (tertiary alicyclic amines) is 1. The zero-order valence-electron chi connectivity index (χ0n) is 14.8. The fraction of sp³-hybridized carbons (Fsp3) is 0.632. The van der Waals surface area contributed by atoms with E-state index >= 15 is 0 Å². The number of aromatic nitrogens is 1. The lowest BCUT2D eigenvalue weighted by molar-refractivity contribution is -0.146. The first-order valence-corrected chi connectivity index (χ1v) is 9.49. The molecule has 1 aromatic rings. The van der Waals surface area contributed by atoms with Gasteiger partial charge in [-0.1, -0.05) is 25.3 Å². The molecule has 1 saturated heterocycles. The first-order chi connectivity index (χ1) is 12.5. The number of hydrogen-bond donors (Lipinski definition) is 2. The lowest BCUT2D eigenvalue weighted by Gasteiger charge is -2.44. The number of piperidine rings is 1. The largest absolute Gasteiger partial charge is 0.480 e. The maximum absolute atomic E-state index is 12.9. The van der Waals surface area contributed by atoms with Crippen molar-refractivity contribution >= 4 is 12.0 Å². The normalized spacial score (nSPS) is 26.7. The zero-order chi connectivity index (χ0) is 18.3. The Bertz CT molecular complexity index is 781. The van der Waals surface area contributed by atoms with Crippen molar-refractivity contribution < 1.29 is 14.7 Å². The Morgan fingerprint density at radius 3 is 2.62 bits per heavy atom. The average Bonchev–Trinajstić information content (AvgIpc) is 2.63. The number of amides is 2. The molecule has 2 fully saturated rings. The maximum atomic E-state index is 12.9. The molecule has 2 bridgehead atoms. The molecule has 7 nitrogen and oxygen atoms in total. The van der Waals surface area contributed by atoms with E-state index in [-0.39, 0.29) is 23.4 Å². The molecule has 0 radical (unpaired) electrons. The summed E-state index contributed by atoms with van der Waals surface area (Å²) in [5.74, 6) is -0.562. The summed E-state index contributed by atoms with van der Waals surface area (Å²) in [6, 6.07) is 5.03. The van der Waals surface area contributed by atoms with Crippen LogP contribution in [-0.2, 0) is 11.3 Å². The van der Waals surface area contributed by atoms with Crippen LogP contribution in [0.4, 0.5) is 4.79 Å². The van der Waals surface area contributed by atoms with Crippen LogP contribution < -0.4 is 10.9 Å². The van der Waals surface area contributed by atoms with Crippen molar-refractivity contribution in [1.29, 1.82) is 0 Å². The molecule has 1 aromatic heterocycles. The number of fused-ring (bicyclic) bond motifs is 4. The molecule has 2 amide bonds. The fourth-order valence-electron chi connectivity index (χ4n) is 4.89. The second-order valence-electron chi connectivity index (χ2n) is 7.98. The van der Waals surface area contributed by atoms with Gasteiger partial charge in [0, 0.05) is 37.3 Å². The van der Waals surface area contributed by atoms with Crippen LogP contribution in [0, 0.1) is 5.92 Å². The van der Waals surface area contributed by atoms with Gasteiger partial charge in [-0.3, -0.25) is 4.79 Å². The van der Waals surface area contributed by atoms with E-state index in [0.717, 1.165) is 31.4 Å². The van der Waals surface area contributed by atoms with E-state index < -0.39 is 11.5 Å². The minimum atomic E-state index is -1.13. The molecule has 3 heterocycles. The van der Waals surface area contributed by atoms with Gasteiger partial charge in [0.25, 0.3) is 5.56 Å². The molecule has 0 unspecified atom stereocenters. The van der Waals surface area contributed by atoms with E-state index in [1.165, 1.54) is 0 Å². The monoisotopic (exact) mass is 359 g/mol. The summed E-state index contributed by atoms with van der Waals surface area (Å²) < 4.78 is 1.83. The molecule has 2 aliphatic heterocycles. The van der Waals surface area contributed by atoms with Crippen molar-refractivity contribution in [2.45, 2.75) is 56.5 Å². The van der Waals surface area contributed by atoms with E-state index in [9.17, 15) is 19.5 Å². The van der Waals surface area contributed by atoms with Gasteiger partial charge >= 0.3 is 12.0 Å². The highest BCUT2D eigenvalue weighted by molar-refractivity contribution is 5.86. The number of carboxylic acids is 1. The number of urea groups is 1. The van der Waals surface area contributed by atoms with E-state index in [1.807, 2.05) is 10.6 Å². The van der Waals surface area contributed by atoms with Gasteiger partial charge in [-0.15, -0.1) is 0 Å². The quantitative estimate of drug-likeness (QED) is 0.842. The van der Waals surface area contributed by atoms with Crippen LogP contribution in [0.2, 0.25) is 0 Å². The van der Waals surface area contributed by atoms with E-state index in [2.05, 4.69) is 5.32 Å². The molecule has 140 valence electrons. The Balaban J connectivity index is 1.52. The molecule has 1 aliphatic carbocycles. The Morgan fingerprint density at radius 2 is 1.88 bits per heavy atom. The molecule has 7 heteroatoms. The van der Waals surface area contributed by atoms with Crippen molar-refractivity contribution in [3.05, 3.63) is 34.2 Å². The number of hydrogen-bond acceptors (Lipinski definition) is 3. The lowest BCUT2D eigenvalue weighted by atomic mass is 9.81. The second-order valence-corrected chi connectivity index (χ2v) is 7.98. The topological polar surface area (TPSA) is 91.6 Å². The van der Waals surface area contributed by atoms with Gasteiger partial charge in [0.1, 0.15) is 5.54 Å². The van der Waals surface area contributed by atoms with Crippen LogP contribution in [0.3, 0.4) is 0 Å². The van der Waals surface area contributed by atoms with Crippen molar-refractivity contribution in [2.24, 2.45) is 5.92 Å². The summed E-state index contributed by atoms with van der Waals surface area (Å²) in [7, 11) is 0. The van der Waals surface area contributed by atoms with Crippen LogP contribution >= 0.6 is 0 Å². The Kier molecular flexibility index (Phi) is 4.25. The highest BCUT2D eigenvalue weighted by Crippen LogP contribution is 2.35. The standard InChI is InChI=1S/C19H25N3O4/c23-16-6-4-5-15-14-9-13(11-22(15)16)10-21(12-14)18(26)20-19(17(24)25)7-2-1-3-8-19/h4-6,13-14H,1-3,7-12H2,(H,20,26)(H,24,25)/t13-,14+/m0/s1. The molecular formula is C19H25N3O4. The molecule has 1 saturated carbocycles. The van der Waals surface area contributed by atoms with Gasteiger partial charge in [0.15, 0.2) is 0 Å². The van der Waals surface area contributed by atoms with Crippen LogP contribution in [0.5, 0.6) is 0 Å². The summed E-state index contributed by atoms with van der Waals surface area (Å²) in [6.45, 7) is 1.72. The van der Waals surface area contributed by atoms with Gasteiger partial charge in [0.2, 0.25) is 0 Å². The summed E-state index contributed by atoms with van der Waals surface area (Å²) in [5.41, 5.74) is -0.129. The fourth-order valence-corrected chi connectivity index (χ4v) is 4.89. The molecule has 0 spiro atoms. The number of carbonyl (C=O) groups excluding carboxylic acids is 1. The Hall–Kier alpha value is -2.31. The number of aliphatic carboxylic acids is 1. The Labute approximate surface area is 152 Å². The Morgan fingerprint density at radius 1 is 1.12 bits per heavy atom. The molecular weight excluding hydrogens is 334 g/mol. The van der Waals surface area contributed by atoms with E-state index in [0.29, 0.717) is 32.5 Å². The van der Waals surface area contributed by atoms with Crippen LogP contribution in [0.15, 0.2) is 23.0 Å². The smallest absolute Gasteiger partial charge is 0.329 e.